The Balaban J connectivity index is 2.22. The molecule has 0 bridgehead atoms. The summed E-state index contributed by atoms with van der Waals surface area (Å²) in [6.45, 7) is 6.11. The lowest BCUT2D eigenvalue weighted by molar-refractivity contribution is 0.376. The lowest BCUT2D eigenvalue weighted by atomic mass is 9.93. The van der Waals surface area contributed by atoms with Crippen LogP contribution in [-0.4, -0.2) is 17.6 Å². The number of halogens is 1. The summed E-state index contributed by atoms with van der Waals surface area (Å²) in [7, 11) is 0. The van der Waals surface area contributed by atoms with Crippen LogP contribution in [0.1, 0.15) is 32.3 Å². The minimum absolute atomic E-state index is 0.465. The van der Waals surface area contributed by atoms with Crippen LogP contribution in [0.4, 0.5) is 5.82 Å². The minimum Gasteiger partial charge on any atom is -0.354 e. The molecule has 1 aromatic rings. The number of hydrogen-bond acceptors (Lipinski definition) is 3. The first-order valence-electron chi connectivity index (χ1n) is 6.23. The molecule has 0 aromatic carbocycles. The van der Waals surface area contributed by atoms with E-state index in [1.807, 2.05) is 6.07 Å². The second kappa shape index (κ2) is 5.23. The molecule has 1 fully saturated rings. The van der Waals surface area contributed by atoms with Crippen molar-refractivity contribution in [1.29, 1.82) is 0 Å². The Morgan fingerprint density at radius 2 is 2.29 bits per heavy atom. The van der Waals surface area contributed by atoms with Gasteiger partial charge in [-0.3, -0.25) is 0 Å². The van der Waals surface area contributed by atoms with Gasteiger partial charge in [0.05, 0.1) is 5.02 Å². The highest BCUT2D eigenvalue weighted by molar-refractivity contribution is 6.31. The van der Waals surface area contributed by atoms with Gasteiger partial charge in [-0.15, -0.1) is 0 Å². The molecule has 2 heterocycles. The summed E-state index contributed by atoms with van der Waals surface area (Å²) in [6.07, 6.45) is 4.17. The Morgan fingerprint density at radius 3 is 2.94 bits per heavy atom. The fraction of sp³-hybridized carbons (Fsp3) is 0.615. The molecule has 2 unspecified atom stereocenters. The van der Waals surface area contributed by atoms with E-state index in [4.69, 9.17) is 17.3 Å². The summed E-state index contributed by atoms with van der Waals surface area (Å²) in [5.74, 6) is 1.82. The van der Waals surface area contributed by atoms with Crippen LogP contribution in [0, 0.1) is 5.92 Å². The summed E-state index contributed by atoms with van der Waals surface area (Å²) >= 11 is 6.03. The maximum atomic E-state index is 6.03. The van der Waals surface area contributed by atoms with Gasteiger partial charge in [0.1, 0.15) is 5.82 Å². The van der Waals surface area contributed by atoms with Gasteiger partial charge in [0.2, 0.25) is 0 Å². The standard InChI is InChI=1S/C13H20ClN3/c1-9-3-4-17(10(2)5-9)13-6-11(7-15)12(14)8-16-13/h6,8-10H,3-5,7,15H2,1-2H3. The van der Waals surface area contributed by atoms with E-state index in [1.165, 1.54) is 12.8 Å². The van der Waals surface area contributed by atoms with Crippen LogP contribution >= 0.6 is 11.6 Å². The molecule has 0 aliphatic carbocycles. The van der Waals surface area contributed by atoms with Crippen molar-refractivity contribution in [3.8, 4) is 0 Å². The third-order valence-electron chi connectivity index (χ3n) is 3.57. The van der Waals surface area contributed by atoms with Crippen LogP contribution in [-0.2, 0) is 6.54 Å². The highest BCUT2D eigenvalue weighted by Crippen LogP contribution is 2.28. The third kappa shape index (κ3) is 2.72. The molecule has 17 heavy (non-hydrogen) atoms. The van der Waals surface area contributed by atoms with Gasteiger partial charge < -0.3 is 10.6 Å². The molecule has 1 aliphatic rings. The smallest absolute Gasteiger partial charge is 0.129 e. The largest absolute Gasteiger partial charge is 0.354 e. The summed E-state index contributed by atoms with van der Waals surface area (Å²) in [5.41, 5.74) is 6.65. The van der Waals surface area contributed by atoms with Gasteiger partial charge >= 0.3 is 0 Å². The highest BCUT2D eigenvalue weighted by atomic mass is 35.5. The molecule has 0 saturated carbocycles. The maximum absolute atomic E-state index is 6.03. The molecule has 3 nitrogen and oxygen atoms in total. The Labute approximate surface area is 108 Å². The molecule has 2 N–H and O–H groups in total. The molecule has 2 atom stereocenters. The van der Waals surface area contributed by atoms with Crippen molar-refractivity contribution >= 4 is 17.4 Å². The Kier molecular flexibility index (Phi) is 3.89. The molecule has 0 spiro atoms. The van der Waals surface area contributed by atoms with Crippen LogP contribution in [0.3, 0.4) is 0 Å². The minimum atomic E-state index is 0.465. The SMILES string of the molecule is CC1CCN(c2cc(CN)c(Cl)cn2)C(C)C1. The molecule has 1 aromatic heterocycles. The number of hydrogen-bond donors (Lipinski definition) is 1. The second-order valence-electron chi connectivity index (χ2n) is 5.01. The van der Waals surface area contributed by atoms with Crippen LogP contribution in [0.5, 0.6) is 0 Å². The quantitative estimate of drug-likeness (QED) is 0.881. The van der Waals surface area contributed by atoms with Gasteiger partial charge in [0.15, 0.2) is 0 Å². The fourth-order valence-electron chi connectivity index (χ4n) is 2.53. The van der Waals surface area contributed by atoms with Gasteiger partial charge in [-0.05, 0) is 37.3 Å². The number of pyridine rings is 1. The normalized spacial score (nSPS) is 25.1. The zero-order valence-corrected chi connectivity index (χ0v) is 11.2. The molecular formula is C13H20ClN3. The number of nitrogens with zero attached hydrogens (tertiary/aromatic N) is 2. The first kappa shape index (κ1) is 12.7. The van der Waals surface area contributed by atoms with Crippen molar-refractivity contribution in [1.82, 2.24) is 4.98 Å². The second-order valence-corrected chi connectivity index (χ2v) is 5.42. The first-order chi connectivity index (χ1) is 8.11. The Morgan fingerprint density at radius 1 is 1.53 bits per heavy atom. The molecule has 1 aliphatic heterocycles. The first-order valence-corrected chi connectivity index (χ1v) is 6.60. The van der Waals surface area contributed by atoms with Gasteiger partial charge in [-0.25, -0.2) is 4.98 Å². The van der Waals surface area contributed by atoms with E-state index in [2.05, 4.69) is 23.7 Å². The fourth-order valence-corrected chi connectivity index (χ4v) is 2.71. The van der Waals surface area contributed by atoms with Crippen molar-refractivity contribution in [3.63, 3.8) is 0 Å². The summed E-state index contributed by atoms with van der Waals surface area (Å²) in [4.78, 5) is 6.78. The van der Waals surface area contributed by atoms with E-state index in [0.29, 0.717) is 17.6 Å². The zero-order chi connectivity index (χ0) is 12.4. The molecule has 1 saturated heterocycles. The average molecular weight is 254 g/mol. The Hall–Kier alpha value is -0.800. The maximum Gasteiger partial charge on any atom is 0.129 e. The van der Waals surface area contributed by atoms with Crippen LogP contribution in [0.2, 0.25) is 5.02 Å². The monoisotopic (exact) mass is 253 g/mol. The molecular weight excluding hydrogens is 234 g/mol. The molecule has 94 valence electrons. The summed E-state index contributed by atoms with van der Waals surface area (Å²) in [5, 5.41) is 0.661. The summed E-state index contributed by atoms with van der Waals surface area (Å²) < 4.78 is 0. The van der Waals surface area contributed by atoms with Crippen molar-refractivity contribution in [2.24, 2.45) is 11.7 Å². The van der Waals surface area contributed by atoms with Crippen LogP contribution in [0.25, 0.3) is 0 Å². The Bertz CT molecular complexity index is 394. The van der Waals surface area contributed by atoms with Gasteiger partial charge in [-0.1, -0.05) is 18.5 Å². The van der Waals surface area contributed by atoms with E-state index in [1.54, 1.807) is 6.20 Å². The van der Waals surface area contributed by atoms with Crippen molar-refractivity contribution in [2.75, 3.05) is 11.4 Å². The lowest BCUT2D eigenvalue weighted by Crippen LogP contribution is -2.40. The van der Waals surface area contributed by atoms with Gasteiger partial charge in [0.25, 0.3) is 0 Å². The predicted molar refractivity (Wildman–Crippen MR) is 72.3 cm³/mol. The van der Waals surface area contributed by atoms with E-state index < -0.39 is 0 Å². The number of nitrogens with two attached hydrogens (primary N) is 1. The van der Waals surface area contributed by atoms with Crippen molar-refractivity contribution in [2.45, 2.75) is 39.3 Å². The van der Waals surface area contributed by atoms with E-state index >= 15 is 0 Å². The number of anilines is 1. The van der Waals surface area contributed by atoms with Crippen LogP contribution in [0.15, 0.2) is 12.3 Å². The number of rotatable bonds is 2. The third-order valence-corrected chi connectivity index (χ3v) is 3.91. The van der Waals surface area contributed by atoms with E-state index in [9.17, 15) is 0 Å². The van der Waals surface area contributed by atoms with Gasteiger partial charge in [-0.2, -0.15) is 0 Å². The predicted octanol–water partition coefficient (Wildman–Crippen LogP) is 2.82. The average Bonchev–Trinajstić information content (AvgIpc) is 2.30. The van der Waals surface area contributed by atoms with E-state index in [0.717, 1.165) is 23.8 Å². The molecule has 2 rings (SSSR count). The topological polar surface area (TPSA) is 42.1 Å². The summed E-state index contributed by atoms with van der Waals surface area (Å²) in [6, 6.07) is 2.56. The number of aromatic nitrogens is 1. The molecule has 0 amide bonds. The van der Waals surface area contributed by atoms with E-state index in [-0.39, 0.29) is 0 Å². The van der Waals surface area contributed by atoms with Crippen molar-refractivity contribution < 1.29 is 0 Å². The molecule has 0 radical (unpaired) electrons. The zero-order valence-electron chi connectivity index (χ0n) is 10.5. The van der Waals surface area contributed by atoms with Crippen LogP contribution < -0.4 is 10.6 Å². The molecule has 4 heteroatoms. The van der Waals surface area contributed by atoms with Gasteiger partial charge in [0, 0.05) is 25.3 Å². The number of piperidine rings is 1. The van der Waals surface area contributed by atoms with Crippen molar-refractivity contribution in [3.05, 3.63) is 22.8 Å². The highest BCUT2D eigenvalue weighted by Gasteiger charge is 2.24. The lowest BCUT2D eigenvalue weighted by Gasteiger charge is -2.37.